The summed E-state index contributed by atoms with van der Waals surface area (Å²) in [5, 5.41) is 2.65. The minimum Gasteiger partial charge on any atom is -0.472 e. The highest BCUT2D eigenvalue weighted by atomic mass is 32.2. The molecule has 1 aliphatic heterocycles. The molecule has 1 atom stereocenters. The average molecular weight is 293 g/mol. The van der Waals surface area contributed by atoms with Crippen LogP contribution in [0.3, 0.4) is 0 Å². The molecule has 1 aliphatic rings. The van der Waals surface area contributed by atoms with Crippen LogP contribution in [0.15, 0.2) is 40.5 Å². The lowest BCUT2D eigenvalue weighted by Gasteiger charge is -2.19. The maximum Gasteiger partial charge on any atom is 0.257 e. The standard InChI is InChI=1S/C14H15NO2S2/c16-14(11-4-7-17-10-11)15-5-3-13(19-9-6-15)12-2-1-8-18-12/h1-2,4,7-8,10,13H,3,5-6,9H2/t13-/m0/s1. The van der Waals surface area contributed by atoms with Gasteiger partial charge >= 0.3 is 0 Å². The van der Waals surface area contributed by atoms with Gasteiger partial charge in [0.15, 0.2) is 0 Å². The quantitative estimate of drug-likeness (QED) is 0.847. The van der Waals surface area contributed by atoms with Crippen LogP contribution >= 0.6 is 23.1 Å². The molecule has 0 unspecified atom stereocenters. The zero-order valence-electron chi connectivity index (χ0n) is 10.5. The first-order valence-corrected chi connectivity index (χ1v) is 8.24. The zero-order chi connectivity index (χ0) is 13.1. The summed E-state index contributed by atoms with van der Waals surface area (Å²) in [6, 6.07) is 6.02. The van der Waals surface area contributed by atoms with Crippen LogP contribution < -0.4 is 0 Å². The van der Waals surface area contributed by atoms with E-state index in [9.17, 15) is 4.79 Å². The highest BCUT2D eigenvalue weighted by molar-refractivity contribution is 7.99. The van der Waals surface area contributed by atoms with Crippen molar-refractivity contribution in [2.75, 3.05) is 18.8 Å². The molecule has 0 aliphatic carbocycles. The third kappa shape index (κ3) is 2.87. The predicted molar refractivity (Wildman–Crippen MR) is 78.7 cm³/mol. The van der Waals surface area contributed by atoms with Gasteiger partial charge in [-0.1, -0.05) is 6.07 Å². The fourth-order valence-corrected chi connectivity index (χ4v) is 4.48. The maximum absolute atomic E-state index is 12.3. The van der Waals surface area contributed by atoms with E-state index in [0.717, 1.165) is 25.3 Å². The Hall–Kier alpha value is -1.20. The van der Waals surface area contributed by atoms with Crippen LogP contribution in [0.5, 0.6) is 0 Å². The first kappa shape index (κ1) is 12.8. The second kappa shape index (κ2) is 5.84. The van der Waals surface area contributed by atoms with Crippen LogP contribution in [0, 0.1) is 0 Å². The van der Waals surface area contributed by atoms with E-state index in [-0.39, 0.29) is 5.91 Å². The largest absolute Gasteiger partial charge is 0.472 e. The van der Waals surface area contributed by atoms with E-state index in [1.165, 1.54) is 11.1 Å². The lowest BCUT2D eigenvalue weighted by molar-refractivity contribution is 0.0766. The van der Waals surface area contributed by atoms with E-state index in [2.05, 4.69) is 17.5 Å². The minimum absolute atomic E-state index is 0.0844. The van der Waals surface area contributed by atoms with Gasteiger partial charge in [0.05, 0.1) is 11.8 Å². The number of hydrogen-bond donors (Lipinski definition) is 0. The predicted octanol–water partition coefficient (Wildman–Crippen LogP) is 3.66. The summed E-state index contributed by atoms with van der Waals surface area (Å²) in [4.78, 5) is 15.6. The summed E-state index contributed by atoms with van der Waals surface area (Å²) in [7, 11) is 0. The number of carbonyl (C=O) groups is 1. The van der Waals surface area contributed by atoms with Crippen molar-refractivity contribution in [3.05, 3.63) is 46.5 Å². The van der Waals surface area contributed by atoms with Crippen molar-refractivity contribution in [1.29, 1.82) is 0 Å². The zero-order valence-corrected chi connectivity index (χ0v) is 12.1. The molecule has 2 aromatic heterocycles. The van der Waals surface area contributed by atoms with Crippen molar-refractivity contribution >= 4 is 29.0 Å². The smallest absolute Gasteiger partial charge is 0.257 e. The normalized spacial score (nSPS) is 20.2. The van der Waals surface area contributed by atoms with Gasteiger partial charge in [-0.15, -0.1) is 11.3 Å². The lowest BCUT2D eigenvalue weighted by Crippen LogP contribution is -2.32. The molecule has 3 heterocycles. The molecule has 1 saturated heterocycles. The van der Waals surface area contributed by atoms with Gasteiger partial charge in [-0.2, -0.15) is 11.8 Å². The van der Waals surface area contributed by atoms with Crippen LogP contribution in [0.4, 0.5) is 0 Å². The van der Waals surface area contributed by atoms with Gasteiger partial charge in [0.25, 0.3) is 5.91 Å². The van der Waals surface area contributed by atoms with Crippen molar-refractivity contribution in [3.63, 3.8) is 0 Å². The van der Waals surface area contributed by atoms with Gasteiger partial charge in [-0.25, -0.2) is 0 Å². The molecule has 3 nitrogen and oxygen atoms in total. The molecular formula is C14H15NO2S2. The Labute approximate surface area is 120 Å². The Morgan fingerprint density at radius 3 is 3.05 bits per heavy atom. The number of nitrogens with zero attached hydrogens (tertiary/aromatic N) is 1. The number of furan rings is 1. The monoisotopic (exact) mass is 293 g/mol. The second-order valence-electron chi connectivity index (χ2n) is 4.47. The Balaban J connectivity index is 1.66. The van der Waals surface area contributed by atoms with Crippen LogP contribution in [-0.2, 0) is 0 Å². The first-order chi connectivity index (χ1) is 9.34. The summed E-state index contributed by atoms with van der Waals surface area (Å²) in [6.45, 7) is 1.64. The van der Waals surface area contributed by atoms with Crippen LogP contribution in [0.2, 0.25) is 0 Å². The summed E-state index contributed by atoms with van der Waals surface area (Å²) >= 11 is 3.76. The molecular weight excluding hydrogens is 278 g/mol. The number of amides is 1. The topological polar surface area (TPSA) is 33.5 Å². The fourth-order valence-electron chi connectivity index (χ4n) is 2.24. The van der Waals surface area contributed by atoms with Crippen LogP contribution in [-0.4, -0.2) is 29.6 Å². The van der Waals surface area contributed by atoms with Crippen molar-refractivity contribution in [1.82, 2.24) is 4.90 Å². The SMILES string of the molecule is O=C(c1ccoc1)N1CCS[C@H](c2cccs2)CC1. The Morgan fingerprint density at radius 1 is 1.37 bits per heavy atom. The first-order valence-electron chi connectivity index (χ1n) is 6.31. The molecule has 0 radical (unpaired) electrons. The Morgan fingerprint density at radius 2 is 2.32 bits per heavy atom. The number of thiophene rings is 1. The number of carbonyl (C=O) groups excluding carboxylic acids is 1. The molecule has 5 heteroatoms. The van der Waals surface area contributed by atoms with E-state index in [0.29, 0.717) is 10.8 Å². The Kier molecular flexibility index (Phi) is 3.94. The fraction of sp³-hybridized carbons (Fsp3) is 0.357. The van der Waals surface area contributed by atoms with E-state index in [1.807, 2.05) is 16.7 Å². The molecule has 0 bridgehead atoms. The van der Waals surface area contributed by atoms with Gasteiger partial charge in [0.2, 0.25) is 0 Å². The molecule has 19 heavy (non-hydrogen) atoms. The summed E-state index contributed by atoms with van der Waals surface area (Å²) in [5.74, 6) is 1.08. The molecule has 0 saturated carbocycles. The number of hydrogen-bond acceptors (Lipinski definition) is 4. The molecule has 100 valence electrons. The third-order valence-electron chi connectivity index (χ3n) is 3.26. The number of thioether (sulfide) groups is 1. The van der Waals surface area contributed by atoms with Crippen molar-refractivity contribution in [2.45, 2.75) is 11.7 Å². The van der Waals surface area contributed by atoms with Crippen LogP contribution in [0.25, 0.3) is 0 Å². The second-order valence-corrected chi connectivity index (χ2v) is 6.76. The highest BCUT2D eigenvalue weighted by Crippen LogP contribution is 2.36. The minimum atomic E-state index is 0.0844. The van der Waals surface area contributed by atoms with Gasteiger partial charge in [0, 0.05) is 29.0 Å². The van der Waals surface area contributed by atoms with E-state index >= 15 is 0 Å². The molecule has 0 aromatic carbocycles. The molecule has 0 N–H and O–H groups in total. The van der Waals surface area contributed by atoms with Crippen molar-refractivity contribution < 1.29 is 9.21 Å². The van der Waals surface area contributed by atoms with Gasteiger partial charge in [0.1, 0.15) is 6.26 Å². The Bertz CT molecular complexity index is 522. The lowest BCUT2D eigenvalue weighted by atomic mass is 10.2. The number of rotatable bonds is 2. The summed E-state index contributed by atoms with van der Waals surface area (Å²) < 4.78 is 4.99. The maximum atomic E-state index is 12.3. The molecule has 1 fully saturated rings. The summed E-state index contributed by atoms with van der Waals surface area (Å²) in [5.41, 5.74) is 0.652. The van der Waals surface area contributed by atoms with Crippen molar-refractivity contribution in [3.8, 4) is 0 Å². The average Bonchev–Trinajstić information content (AvgIpc) is 3.08. The molecule has 2 aromatic rings. The molecule has 3 rings (SSSR count). The van der Waals surface area contributed by atoms with E-state index in [4.69, 9.17) is 4.42 Å². The third-order valence-corrected chi connectivity index (χ3v) is 5.70. The van der Waals surface area contributed by atoms with E-state index < -0.39 is 0 Å². The highest BCUT2D eigenvalue weighted by Gasteiger charge is 2.23. The van der Waals surface area contributed by atoms with Crippen LogP contribution in [0.1, 0.15) is 26.9 Å². The summed E-state index contributed by atoms with van der Waals surface area (Å²) in [6.07, 6.45) is 4.10. The van der Waals surface area contributed by atoms with Gasteiger partial charge in [-0.3, -0.25) is 4.79 Å². The molecule has 0 spiro atoms. The van der Waals surface area contributed by atoms with Gasteiger partial charge in [-0.05, 0) is 23.9 Å². The van der Waals surface area contributed by atoms with Crippen molar-refractivity contribution in [2.24, 2.45) is 0 Å². The van der Waals surface area contributed by atoms with E-state index in [1.54, 1.807) is 23.7 Å². The van der Waals surface area contributed by atoms with Gasteiger partial charge < -0.3 is 9.32 Å². The molecule has 1 amide bonds.